The van der Waals surface area contributed by atoms with Crippen molar-refractivity contribution < 1.29 is 9.72 Å². The molecule has 0 radical (unpaired) electrons. The van der Waals surface area contributed by atoms with Gasteiger partial charge >= 0.3 is 0 Å². The number of nitrogens with zero attached hydrogens (tertiary/aromatic N) is 2. The highest BCUT2D eigenvalue weighted by molar-refractivity contribution is 6.08. The Morgan fingerprint density at radius 1 is 1.20 bits per heavy atom. The second-order valence-electron chi connectivity index (χ2n) is 4.23. The first kappa shape index (κ1) is 13.5. The van der Waals surface area contributed by atoms with Crippen molar-refractivity contribution in [2.45, 2.75) is 0 Å². The van der Waals surface area contributed by atoms with Gasteiger partial charge in [0.15, 0.2) is 0 Å². The molecule has 0 bridgehead atoms. The quantitative estimate of drug-likeness (QED) is 0.527. The summed E-state index contributed by atoms with van der Waals surface area (Å²) in [5.74, 6) is -0.477. The van der Waals surface area contributed by atoms with E-state index in [4.69, 9.17) is 5.73 Å². The third-order valence-electron chi connectivity index (χ3n) is 2.90. The molecule has 0 fully saturated rings. The molecule has 2 aromatic rings. The fraction of sp³-hybridized carbons (Fsp3) is 0.0714. The van der Waals surface area contributed by atoms with Crippen LogP contribution in [0.4, 0.5) is 17.1 Å². The number of anilines is 2. The molecule has 0 saturated heterocycles. The Morgan fingerprint density at radius 2 is 1.85 bits per heavy atom. The van der Waals surface area contributed by atoms with Crippen molar-refractivity contribution >= 4 is 23.0 Å². The molecular formula is C14H13N3O3. The Labute approximate surface area is 115 Å². The van der Waals surface area contributed by atoms with Crippen LogP contribution in [0.1, 0.15) is 10.4 Å². The second kappa shape index (κ2) is 5.40. The van der Waals surface area contributed by atoms with Crippen LogP contribution in [0.25, 0.3) is 0 Å². The predicted molar refractivity (Wildman–Crippen MR) is 76.7 cm³/mol. The summed E-state index contributed by atoms with van der Waals surface area (Å²) >= 11 is 0. The number of nitro benzene ring substituents is 1. The number of carbonyl (C=O) groups is 1. The van der Waals surface area contributed by atoms with Gasteiger partial charge in [0, 0.05) is 24.5 Å². The Hall–Kier alpha value is -2.89. The minimum atomic E-state index is -0.592. The smallest absolute Gasteiger partial charge is 0.282 e. The first-order valence-corrected chi connectivity index (χ1v) is 5.87. The monoisotopic (exact) mass is 271 g/mol. The van der Waals surface area contributed by atoms with Crippen LogP contribution in [-0.2, 0) is 0 Å². The third kappa shape index (κ3) is 2.59. The molecule has 0 aliphatic heterocycles. The van der Waals surface area contributed by atoms with Crippen molar-refractivity contribution in [2.75, 3.05) is 17.7 Å². The lowest BCUT2D eigenvalue weighted by Crippen LogP contribution is -2.27. The van der Waals surface area contributed by atoms with Gasteiger partial charge in [-0.25, -0.2) is 0 Å². The zero-order valence-electron chi connectivity index (χ0n) is 10.8. The Morgan fingerprint density at radius 3 is 2.45 bits per heavy atom. The van der Waals surface area contributed by atoms with E-state index in [1.54, 1.807) is 31.3 Å². The van der Waals surface area contributed by atoms with Crippen molar-refractivity contribution in [3.05, 3.63) is 64.2 Å². The highest BCUT2D eigenvalue weighted by Crippen LogP contribution is 2.24. The molecule has 6 heteroatoms. The van der Waals surface area contributed by atoms with E-state index in [2.05, 4.69) is 0 Å². The number of para-hydroxylation sites is 1. The molecule has 0 aliphatic rings. The largest absolute Gasteiger partial charge is 0.399 e. The maximum Gasteiger partial charge on any atom is 0.282 e. The summed E-state index contributed by atoms with van der Waals surface area (Å²) in [5.41, 5.74) is 6.28. The zero-order chi connectivity index (χ0) is 14.7. The summed E-state index contributed by atoms with van der Waals surface area (Å²) in [6.45, 7) is 0. The van der Waals surface area contributed by atoms with Gasteiger partial charge in [0.2, 0.25) is 0 Å². The predicted octanol–water partition coefficient (Wildman–Crippen LogP) is 2.45. The molecule has 0 spiro atoms. The van der Waals surface area contributed by atoms with Gasteiger partial charge in [0.1, 0.15) is 5.56 Å². The standard InChI is InChI=1S/C14H13N3O3/c1-16(11-5-3-2-4-6-11)14(18)12-9-10(15)7-8-13(12)17(19)20/h2-9H,15H2,1H3. The molecule has 0 aliphatic carbocycles. The van der Waals surface area contributed by atoms with Crippen LogP contribution < -0.4 is 10.6 Å². The van der Waals surface area contributed by atoms with E-state index >= 15 is 0 Å². The van der Waals surface area contributed by atoms with Gasteiger partial charge in [-0.15, -0.1) is 0 Å². The number of nitro groups is 1. The lowest BCUT2D eigenvalue weighted by atomic mass is 10.1. The van der Waals surface area contributed by atoms with Crippen LogP contribution in [0.3, 0.4) is 0 Å². The average Bonchev–Trinajstić information content (AvgIpc) is 2.46. The summed E-state index contributed by atoms with van der Waals surface area (Å²) in [6, 6.07) is 12.8. The van der Waals surface area contributed by atoms with Crippen molar-refractivity contribution in [2.24, 2.45) is 0 Å². The van der Waals surface area contributed by atoms with Crippen LogP contribution in [0.5, 0.6) is 0 Å². The fourth-order valence-corrected chi connectivity index (χ4v) is 1.83. The number of hydrogen-bond acceptors (Lipinski definition) is 4. The maximum atomic E-state index is 12.4. The zero-order valence-corrected chi connectivity index (χ0v) is 10.8. The van der Waals surface area contributed by atoms with Gasteiger partial charge < -0.3 is 10.6 Å². The molecule has 2 N–H and O–H groups in total. The van der Waals surface area contributed by atoms with Crippen LogP contribution in [0, 0.1) is 10.1 Å². The molecule has 0 saturated carbocycles. The van der Waals surface area contributed by atoms with Crippen LogP contribution in [0.15, 0.2) is 48.5 Å². The first-order valence-electron chi connectivity index (χ1n) is 5.87. The Kier molecular flexibility index (Phi) is 3.65. The maximum absolute atomic E-state index is 12.4. The molecule has 2 aromatic carbocycles. The molecule has 0 atom stereocenters. The normalized spacial score (nSPS) is 10.1. The molecule has 6 nitrogen and oxygen atoms in total. The van der Waals surface area contributed by atoms with Gasteiger partial charge in [0.25, 0.3) is 11.6 Å². The molecule has 0 unspecified atom stereocenters. The number of hydrogen-bond donors (Lipinski definition) is 1. The summed E-state index contributed by atoms with van der Waals surface area (Å²) in [6.07, 6.45) is 0. The number of rotatable bonds is 3. The molecule has 20 heavy (non-hydrogen) atoms. The number of amides is 1. The highest BCUT2D eigenvalue weighted by Gasteiger charge is 2.23. The summed E-state index contributed by atoms with van der Waals surface area (Å²) in [5, 5.41) is 11.0. The van der Waals surface area contributed by atoms with E-state index in [-0.39, 0.29) is 11.3 Å². The lowest BCUT2D eigenvalue weighted by Gasteiger charge is -2.17. The van der Waals surface area contributed by atoms with Crippen molar-refractivity contribution in [1.29, 1.82) is 0 Å². The number of nitrogens with two attached hydrogens (primary N) is 1. The minimum absolute atomic E-state index is 0.0265. The number of benzene rings is 2. The lowest BCUT2D eigenvalue weighted by molar-refractivity contribution is -0.385. The molecule has 0 heterocycles. The number of carbonyl (C=O) groups excluding carboxylic acids is 1. The summed E-state index contributed by atoms with van der Waals surface area (Å²) in [7, 11) is 1.56. The summed E-state index contributed by atoms with van der Waals surface area (Å²) in [4.78, 5) is 24.1. The molecule has 102 valence electrons. The van der Waals surface area contributed by atoms with Crippen LogP contribution >= 0.6 is 0 Å². The van der Waals surface area contributed by atoms with E-state index in [0.717, 1.165) is 0 Å². The van der Waals surface area contributed by atoms with E-state index in [0.29, 0.717) is 11.4 Å². The van der Waals surface area contributed by atoms with Gasteiger partial charge in [-0.3, -0.25) is 14.9 Å². The molecule has 0 aromatic heterocycles. The molecule has 2 rings (SSSR count). The Balaban J connectivity index is 2.43. The molecular weight excluding hydrogens is 258 g/mol. The summed E-state index contributed by atoms with van der Waals surface area (Å²) < 4.78 is 0. The minimum Gasteiger partial charge on any atom is -0.399 e. The second-order valence-corrected chi connectivity index (χ2v) is 4.23. The fourth-order valence-electron chi connectivity index (χ4n) is 1.83. The van der Waals surface area contributed by atoms with E-state index in [1.165, 1.54) is 23.1 Å². The van der Waals surface area contributed by atoms with Crippen molar-refractivity contribution in [3.63, 3.8) is 0 Å². The van der Waals surface area contributed by atoms with Gasteiger partial charge in [0.05, 0.1) is 4.92 Å². The van der Waals surface area contributed by atoms with E-state index < -0.39 is 10.8 Å². The van der Waals surface area contributed by atoms with Gasteiger partial charge in [-0.05, 0) is 24.3 Å². The van der Waals surface area contributed by atoms with Crippen LogP contribution in [0.2, 0.25) is 0 Å². The highest BCUT2D eigenvalue weighted by atomic mass is 16.6. The van der Waals surface area contributed by atoms with E-state index in [9.17, 15) is 14.9 Å². The SMILES string of the molecule is CN(C(=O)c1cc(N)ccc1[N+](=O)[O-])c1ccccc1. The third-order valence-corrected chi connectivity index (χ3v) is 2.90. The van der Waals surface area contributed by atoms with Crippen molar-refractivity contribution in [1.82, 2.24) is 0 Å². The topological polar surface area (TPSA) is 89.5 Å². The van der Waals surface area contributed by atoms with Crippen molar-refractivity contribution in [3.8, 4) is 0 Å². The molecule has 1 amide bonds. The van der Waals surface area contributed by atoms with Gasteiger partial charge in [-0.2, -0.15) is 0 Å². The average molecular weight is 271 g/mol. The number of nitrogen functional groups attached to an aromatic ring is 1. The first-order chi connectivity index (χ1) is 9.50. The van der Waals surface area contributed by atoms with E-state index in [1.807, 2.05) is 6.07 Å². The Bertz CT molecular complexity index is 656. The van der Waals surface area contributed by atoms with Gasteiger partial charge in [-0.1, -0.05) is 18.2 Å². The van der Waals surface area contributed by atoms with Crippen LogP contribution in [-0.4, -0.2) is 17.9 Å².